The molecule has 8 heteroatoms. The van der Waals surface area contributed by atoms with Gasteiger partial charge in [-0.3, -0.25) is 19.3 Å². The fourth-order valence-electron chi connectivity index (χ4n) is 5.51. The molecule has 0 aliphatic carbocycles. The van der Waals surface area contributed by atoms with Crippen LogP contribution in [0.5, 0.6) is 0 Å². The molecule has 1 aromatic rings. The number of hydrogen-bond acceptors (Lipinski definition) is 5. The predicted molar refractivity (Wildman–Crippen MR) is 96.8 cm³/mol. The molecule has 0 radical (unpaired) electrons. The number of nitrogens with zero attached hydrogens (tertiary/aromatic N) is 1. The molecule has 148 valence electrons. The Bertz CT molecular complexity index is 865. The molecule has 0 saturated carbocycles. The van der Waals surface area contributed by atoms with Crippen molar-refractivity contribution >= 4 is 23.4 Å². The van der Waals surface area contributed by atoms with E-state index in [0.717, 1.165) is 12.8 Å². The van der Waals surface area contributed by atoms with E-state index in [1.54, 1.807) is 18.3 Å². The number of aliphatic hydroxyl groups is 1. The number of likely N-dealkylation sites (tertiary alicyclic amines) is 1. The fraction of sp³-hybridized carbons (Fsp3) is 0.550. The van der Waals surface area contributed by atoms with Crippen molar-refractivity contribution in [1.29, 1.82) is 0 Å². The van der Waals surface area contributed by atoms with E-state index in [4.69, 9.17) is 4.74 Å². The van der Waals surface area contributed by atoms with Crippen molar-refractivity contribution in [2.75, 3.05) is 18.5 Å². The average molecular weight is 386 g/mol. The molecule has 3 fully saturated rings. The third kappa shape index (κ3) is 2.19. The van der Waals surface area contributed by atoms with Gasteiger partial charge in [-0.05, 0) is 25.8 Å². The third-order valence-corrected chi connectivity index (χ3v) is 6.77. The third-order valence-electron chi connectivity index (χ3n) is 6.77. The number of amides is 3. The summed E-state index contributed by atoms with van der Waals surface area (Å²) in [6, 6.07) is 6.71. The molecule has 4 aliphatic rings. The highest BCUT2D eigenvalue weighted by atomic mass is 16.5. The van der Waals surface area contributed by atoms with E-state index >= 15 is 0 Å². The lowest BCUT2D eigenvalue weighted by atomic mass is 9.76. The number of imide groups is 1. The molecule has 3 saturated heterocycles. The summed E-state index contributed by atoms with van der Waals surface area (Å²) < 4.78 is 5.62. The van der Waals surface area contributed by atoms with Crippen LogP contribution in [0, 0.1) is 11.8 Å². The minimum absolute atomic E-state index is 0.152. The molecule has 0 aromatic heterocycles. The number of fused-ring (bicyclic) bond motifs is 4. The van der Waals surface area contributed by atoms with E-state index < -0.39 is 29.5 Å². The summed E-state index contributed by atoms with van der Waals surface area (Å²) in [5, 5.41) is 15.0. The number of benzene rings is 1. The molecule has 4 N–H and O–H groups in total. The first-order valence-corrected chi connectivity index (χ1v) is 9.87. The van der Waals surface area contributed by atoms with E-state index in [1.807, 2.05) is 18.2 Å². The van der Waals surface area contributed by atoms with E-state index in [-0.39, 0.29) is 30.4 Å². The number of carbonyl (C=O) groups is 3. The summed E-state index contributed by atoms with van der Waals surface area (Å²) in [5.41, 5.74) is 0.144. The number of ether oxygens (including phenoxy) is 1. The van der Waals surface area contributed by atoms with Crippen molar-refractivity contribution < 1.29 is 29.5 Å². The lowest BCUT2D eigenvalue weighted by molar-refractivity contribution is -0.738. The van der Waals surface area contributed by atoms with Gasteiger partial charge < -0.3 is 20.5 Å². The van der Waals surface area contributed by atoms with Gasteiger partial charge in [0.2, 0.25) is 17.4 Å². The van der Waals surface area contributed by atoms with Gasteiger partial charge in [0.15, 0.2) is 0 Å². The SMILES string of the molecule is C[C@@H](O)[C@@H]1[NH2+][C@@]2(C(=O)Nc3ccccc32)[C@H]2C(=O)N(C[C@@H]3CCCO3)C(=O)[C@@H]12. The van der Waals surface area contributed by atoms with Crippen molar-refractivity contribution in [2.24, 2.45) is 11.8 Å². The number of hydrogen-bond donors (Lipinski definition) is 3. The Morgan fingerprint density at radius 1 is 1.32 bits per heavy atom. The zero-order chi connectivity index (χ0) is 19.6. The van der Waals surface area contributed by atoms with Crippen LogP contribution in [0.2, 0.25) is 0 Å². The van der Waals surface area contributed by atoms with Gasteiger partial charge in [0.05, 0.1) is 18.3 Å². The number of nitrogens with two attached hydrogens (primary N) is 1. The molecule has 3 amide bonds. The first-order chi connectivity index (χ1) is 13.4. The van der Waals surface area contributed by atoms with Crippen molar-refractivity contribution in [3.8, 4) is 0 Å². The van der Waals surface area contributed by atoms with E-state index in [1.165, 1.54) is 4.90 Å². The predicted octanol–water partition coefficient (Wildman–Crippen LogP) is -1.06. The van der Waals surface area contributed by atoms with Gasteiger partial charge in [0, 0.05) is 12.2 Å². The second-order valence-electron chi connectivity index (χ2n) is 8.28. The van der Waals surface area contributed by atoms with Gasteiger partial charge in [-0.1, -0.05) is 18.2 Å². The molecule has 0 unspecified atom stereocenters. The van der Waals surface area contributed by atoms with Crippen LogP contribution in [-0.4, -0.2) is 59.1 Å². The molecule has 5 rings (SSSR count). The summed E-state index contributed by atoms with van der Waals surface area (Å²) in [6.07, 6.45) is 0.734. The molecule has 1 aromatic carbocycles. The Labute approximate surface area is 162 Å². The largest absolute Gasteiger partial charge is 0.387 e. The van der Waals surface area contributed by atoms with Gasteiger partial charge in [0.25, 0.3) is 5.91 Å². The molecule has 8 nitrogen and oxygen atoms in total. The number of para-hydroxylation sites is 1. The number of quaternary nitrogens is 1. The van der Waals surface area contributed by atoms with Crippen LogP contribution in [0.25, 0.3) is 0 Å². The van der Waals surface area contributed by atoms with Crippen LogP contribution < -0.4 is 10.6 Å². The zero-order valence-electron chi connectivity index (χ0n) is 15.6. The molecular formula is C20H24N3O5+. The van der Waals surface area contributed by atoms with Gasteiger partial charge in [0.1, 0.15) is 24.0 Å². The molecule has 4 aliphatic heterocycles. The number of aliphatic hydroxyl groups excluding tert-OH is 1. The lowest BCUT2D eigenvalue weighted by Gasteiger charge is -2.27. The Balaban J connectivity index is 1.59. The second kappa shape index (κ2) is 6.10. The quantitative estimate of drug-likeness (QED) is 0.574. The van der Waals surface area contributed by atoms with E-state index in [0.29, 0.717) is 17.9 Å². The maximum absolute atomic E-state index is 13.4. The minimum atomic E-state index is -1.22. The number of rotatable bonds is 3. The highest BCUT2D eigenvalue weighted by Crippen LogP contribution is 2.49. The van der Waals surface area contributed by atoms with Crippen LogP contribution in [-0.2, 0) is 24.7 Å². The molecule has 0 bridgehead atoms. The fourth-order valence-corrected chi connectivity index (χ4v) is 5.51. The van der Waals surface area contributed by atoms with Crippen molar-refractivity contribution in [3.05, 3.63) is 29.8 Å². The topological polar surface area (TPSA) is 113 Å². The number of carbonyl (C=O) groups excluding carboxylic acids is 3. The van der Waals surface area contributed by atoms with Crippen molar-refractivity contribution in [2.45, 2.75) is 43.6 Å². The molecular weight excluding hydrogens is 362 g/mol. The van der Waals surface area contributed by atoms with Crippen LogP contribution >= 0.6 is 0 Å². The number of nitrogens with one attached hydrogen (secondary N) is 1. The average Bonchev–Trinajstić information content (AvgIpc) is 3.41. The van der Waals surface area contributed by atoms with E-state index in [9.17, 15) is 19.5 Å². The molecule has 6 atom stereocenters. The summed E-state index contributed by atoms with van der Waals surface area (Å²) >= 11 is 0. The summed E-state index contributed by atoms with van der Waals surface area (Å²) in [7, 11) is 0. The minimum Gasteiger partial charge on any atom is -0.387 e. The highest BCUT2D eigenvalue weighted by molar-refractivity contribution is 6.13. The Hall–Kier alpha value is -2.29. The summed E-state index contributed by atoms with van der Waals surface area (Å²) in [6.45, 7) is 2.46. The first-order valence-electron chi connectivity index (χ1n) is 9.87. The monoisotopic (exact) mass is 386 g/mol. The smallest absolute Gasteiger partial charge is 0.291 e. The normalized spacial score (nSPS) is 37.5. The number of anilines is 1. The van der Waals surface area contributed by atoms with Gasteiger partial charge in [-0.15, -0.1) is 0 Å². The van der Waals surface area contributed by atoms with E-state index in [2.05, 4.69) is 5.32 Å². The molecule has 1 spiro atoms. The van der Waals surface area contributed by atoms with Gasteiger partial charge in [-0.25, -0.2) is 0 Å². The summed E-state index contributed by atoms with van der Waals surface area (Å²) in [4.78, 5) is 41.1. The van der Waals surface area contributed by atoms with Crippen LogP contribution in [0.3, 0.4) is 0 Å². The Kier molecular flexibility index (Phi) is 3.88. The first kappa shape index (κ1) is 17.8. The van der Waals surface area contributed by atoms with Crippen LogP contribution in [0.15, 0.2) is 24.3 Å². The van der Waals surface area contributed by atoms with Crippen molar-refractivity contribution in [3.63, 3.8) is 0 Å². The second-order valence-corrected chi connectivity index (χ2v) is 8.28. The zero-order valence-corrected chi connectivity index (χ0v) is 15.6. The molecule has 28 heavy (non-hydrogen) atoms. The maximum atomic E-state index is 13.4. The summed E-state index contributed by atoms with van der Waals surface area (Å²) in [5.74, 6) is -2.50. The lowest BCUT2D eigenvalue weighted by Crippen LogP contribution is -3.00. The Morgan fingerprint density at radius 2 is 2.11 bits per heavy atom. The Morgan fingerprint density at radius 3 is 2.82 bits per heavy atom. The standard InChI is InChI=1S/C20H23N3O5/c1-10(24)16-14-15(18(26)23(17(14)25)9-11-5-4-8-28-11)20(22-16)12-6-2-3-7-13(12)21-19(20)27/h2-3,6-7,10-11,14-16,22,24H,4-5,8-9H2,1H3,(H,21,27)/p+1/t10-,11+,14-,15-,16+,20-/m1/s1. The maximum Gasteiger partial charge on any atom is 0.291 e. The molecule has 4 heterocycles. The van der Waals surface area contributed by atoms with Gasteiger partial charge >= 0.3 is 0 Å². The van der Waals surface area contributed by atoms with Crippen molar-refractivity contribution in [1.82, 2.24) is 4.90 Å². The van der Waals surface area contributed by atoms with Gasteiger partial charge in [-0.2, -0.15) is 0 Å². The van der Waals surface area contributed by atoms with Crippen LogP contribution in [0.4, 0.5) is 5.69 Å². The highest BCUT2D eigenvalue weighted by Gasteiger charge is 2.74. The van der Waals surface area contributed by atoms with Crippen LogP contribution in [0.1, 0.15) is 25.3 Å².